The fraction of sp³-hybridized carbons (Fsp3) is 0.643. The van der Waals surface area contributed by atoms with Crippen molar-refractivity contribution in [3.8, 4) is 0 Å². The van der Waals surface area contributed by atoms with Gasteiger partial charge in [-0.25, -0.2) is 4.98 Å². The van der Waals surface area contributed by atoms with Crippen LogP contribution in [0.4, 0.5) is 11.6 Å². The average molecular weight is 302 g/mol. The van der Waals surface area contributed by atoms with E-state index in [0.717, 1.165) is 0 Å². The molecule has 0 amide bonds. The Balaban J connectivity index is 2.09. The summed E-state index contributed by atoms with van der Waals surface area (Å²) in [5.74, 6) is 2.08. The molecule has 0 bridgehead atoms. The van der Waals surface area contributed by atoms with Gasteiger partial charge in [0.1, 0.15) is 11.6 Å². The Bertz CT molecular complexity index is 431. The molecular weight excluding hydrogens is 281 g/mol. The molecule has 0 saturated heterocycles. The summed E-state index contributed by atoms with van der Waals surface area (Å²) < 4.78 is 0. The van der Waals surface area contributed by atoms with Crippen LogP contribution in [-0.4, -0.2) is 18.1 Å². The van der Waals surface area contributed by atoms with Crippen LogP contribution < -0.4 is 10.6 Å². The van der Waals surface area contributed by atoms with Crippen molar-refractivity contribution < 1.29 is 0 Å². The summed E-state index contributed by atoms with van der Waals surface area (Å²) >= 11 is 12.3. The summed E-state index contributed by atoms with van der Waals surface area (Å²) in [5.41, 5.74) is 0. The lowest BCUT2D eigenvalue weighted by Gasteiger charge is -2.29. The van der Waals surface area contributed by atoms with Gasteiger partial charge in [0, 0.05) is 13.1 Å². The summed E-state index contributed by atoms with van der Waals surface area (Å²) in [6, 6.07) is 2.12. The minimum atomic E-state index is 0.385. The first-order chi connectivity index (χ1) is 9.11. The number of rotatable bonds is 4. The van der Waals surface area contributed by atoms with Gasteiger partial charge < -0.3 is 10.6 Å². The van der Waals surface area contributed by atoms with Gasteiger partial charge in [0.15, 0.2) is 0 Å². The van der Waals surface area contributed by atoms with Gasteiger partial charge in [-0.15, -0.1) is 0 Å². The molecule has 0 aromatic carbocycles. The summed E-state index contributed by atoms with van der Waals surface area (Å²) in [6.45, 7) is 2.21. The third kappa shape index (κ3) is 3.67. The van der Waals surface area contributed by atoms with E-state index in [0.29, 0.717) is 33.6 Å². The Morgan fingerprint density at radius 2 is 1.79 bits per heavy atom. The largest absolute Gasteiger partial charge is 0.372 e. The number of pyridine rings is 1. The van der Waals surface area contributed by atoms with Gasteiger partial charge in [0.2, 0.25) is 0 Å². The Morgan fingerprint density at radius 1 is 1.16 bits per heavy atom. The maximum atomic E-state index is 6.20. The van der Waals surface area contributed by atoms with Crippen LogP contribution in [0.3, 0.4) is 0 Å². The van der Waals surface area contributed by atoms with Gasteiger partial charge in [0.05, 0.1) is 10.0 Å². The molecule has 1 aliphatic rings. The van der Waals surface area contributed by atoms with Gasteiger partial charge in [-0.2, -0.15) is 0 Å². The number of halogens is 2. The first-order valence-electron chi connectivity index (χ1n) is 6.92. The van der Waals surface area contributed by atoms with E-state index in [1.54, 1.807) is 13.1 Å². The quantitative estimate of drug-likeness (QED) is 0.838. The first-order valence-corrected chi connectivity index (χ1v) is 7.67. The third-order valence-electron chi connectivity index (χ3n) is 3.89. The van der Waals surface area contributed by atoms with Crippen molar-refractivity contribution in [1.29, 1.82) is 0 Å². The minimum absolute atomic E-state index is 0.385. The van der Waals surface area contributed by atoms with E-state index in [9.17, 15) is 0 Å². The van der Waals surface area contributed by atoms with Crippen molar-refractivity contribution in [2.45, 2.75) is 45.1 Å². The predicted molar refractivity (Wildman–Crippen MR) is 83.5 cm³/mol. The van der Waals surface area contributed by atoms with Crippen LogP contribution in [0.15, 0.2) is 6.07 Å². The van der Waals surface area contributed by atoms with E-state index < -0.39 is 0 Å². The highest BCUT2D eigenvalue weighted by molar-refractivity contribution is 6.37. The van der Waals surface area contributed by atoms with Crippen LogP contribution in [0, 0.1) is 5.92 Å². The molecule has 1 fully saturated rings. The lowest BCUT2D eigenvalue weighted by molar-refractivity contribution is 0.328. The molecule has 3 nitrogen and oxygen atoms in total. The zero-order chi connectivity index (χ0) is 13.8. The Labute approximate surface area is 125 Å². The Morgan fingerprint density at radius 3 is 2.42 bits per heavy atom. The van der Waals surface area contributed by atoms with Gasteiger partial charge in [-0.05, 0) is 31.7 Å². The van der Waals surface area contributed by atoms with Crippen molar-refractivity contribution >= 4 is 34.8 Å². The van der Waals surface area contributed by atoms with Gasteiger partial charge in [-0.1, -0.05) is 42.5 Å². The SMILES string of the molecule is CNc1nc(NC(C)C2CCCCC2)c(Cl)cc1Cl. The number of hydrogen-bond donors (Lipinski definition) is 2. The fourth-order valence-corrected chi connectivity index (χ4v) is 3.22. The molecule has 1 heterocycles. The normalized spacial score (nSPS) is 18.1. The monoisotopic (exact) mass is 301 g/mol. The second kappa shape index (κ2) is 6.67. The summed E-state index contributed by atoms with van der Waals surface area (Å²) in [5, 5.41) is 7.53. The van der Waals surface area contributed by atoms with Crippen molar-refractivity contribution in [3.05, 3.63) is 16.1 Å². The molecule has 2 rings (SSSR count). The molecule has 1 saturated carbocycles. The minimum Gasteiger partial charge on any atom is -0.372 e. The van der Waals surface area contributed by atoms with Gasteiger partial charge >= 0.3 is 0 Å². The topological polar surface area (TPSA) is 37.0 Å². The van der Waals surface area contributed by atoms with Gasteiger partial charge in [0.25, 0.3) is 0 Å². The summed E-state index contributed by atoms with van der Waals surface area (Å²) in [4.78, 5) is 4.44. The lowest BCUT2D eigenvalue weighted by Crippen LogP contribution is -2.28. The molecule has 5 heteroatoms. The standard InChI is InChI=1S/C14H21Cl2N3/c1-9(10-6-4-3-5-7-10)18-14-12(16)8-11(15)13(17-2)19-14/h8-10H,3-7H2,1-2H3,(H2,17,18,19). The van der Waals surface area contributed by atoms with Crippen LogP contribution in [0.2, 0.25) is 10.0 Å². The van der Waals surface area contributed by atoms with Crippen LogP contribution in [0.25, 0.3) is 0 Å². The second-order valence-electron chi connectivity index (χ2n) is 5.23. The molecule has 1 unspecified atom stereocenters. The number of hydrogen-bond acceptors (Lipinski definition) is 3. The van der Waals surface area contributed by atoms with Crippen molar-refractivity contribution in [3.63, 3.8) is 0 Å². The lowest BCUT2D eigenvalue weighted by atomic mass is 9.84. The zero-order valence-electron chi connectivity index (χ0n) is 11.5. The number of aromatic nitrogens is 1. The molecule has 0 radical (unpaired) electrons. The van der Waals surface area contributed by atoms with Crippen molar-refractivity contribution in [2.24, 2.45) is 5.92 Å². The molecule has 1 atom stereocenters. The maximum Gasteiger partial charge on any atom is 0.147 e. The zero-order valence-corrected chi connectivity index (χ0v) is 13.0. The molecule has 19 heavy (non-hydrogen) atoms. The summed E-state index contributed by atoms with van der Waals surface area (Å²) in [6.07, 6.45) is 6.62. The average Bonchev–Trinajstić information content (AvgIpc) is 2.42. The smallest absolute Gasteiger partial charge is 0.147 e. The van der Waals surface area contributed by atoms with Crippen LogP contribution in [0.1, 0.15) is 39.0 Å². The highest BCUT2D eigenvalue weighted by Gasteiger charge is 2.21. The molecule has 1 aliphatic carbocycles. The molecule has 0 spiro atoms. The molecule has 0 aliphatic heterocycles. The second-order valence-corrected chi connectivity index (χ2v) is 6.04. The van der Waals surface area contributed by atoms with Crippen molar-refractivity contribution in [2.75, 3.05) is 17.7 Å². The maximum absolute atomic E-state index is 6.20. The van der Waals surface area contributed by atoms with E-state index in [-0.39, 0.29) is 0 Å². The highest BCUT2D eigenvalue weighted by atomic mass is 35.5. The fourth-order valence-electron chi connectivity index (χ4n) is 2.71. The van der Waals surface area contributed by atoms with Crippen LogP contribution >= 0.6 is 23.2 Å². The first kappa shape index (κ1) is 14.7. The molecule has 1 aromatic heterocycles. The number of anilines is 2. The molecule has 106 valence electrons. The van der Waals surface area contributed by atoms with E-state index in [4.69, 9.17) is 23.2 Å². The Hall–Kier alpha value is -0.670. The number of nitrogens with zero attached hydrogens (tertiary/aromatic N) is 1. The highest BCUT2D eigenvalue weighted by Crippen LogP contribution is 2.32. The number of nitrogens with one attached hydrogen (secondary N) is 2. The van der Waals surface area contributed by atoms with E-state index in [1.165, 1.54) is 32.1 Å². The third-order valence-corrected chi connectivity index (χ3v) is 4.46. The van der Waals surface area contributed by atoms with Crippen LogP contribution in [0.5, 0.6) is 0 Å². The predicted octanol–water partition coefficient (Wildman–Crippen LogP) is 4.81. The van der Waals surface area contributed by atoms with Gasteiger partial charge in [-0.3, -0.25) is 0 Å². The van der Waals surface area contributed by atoms with Crippen molar-refractivity contribution in [1.82, 2.24) is 4.98 Å². The van der Waals surface area contributed by atoms with E-state index in [1.807, 2.05) is 0 Å². The van der Waals surface area contributed by atoms with E-state index in [2.05, 4.69) is 22.5 Å². The molecule has 1 aromatic rings. The molecule has 2 N–H and O–H groups in total. The Kier molecular flexibility index (Phi) is 5.17. The van der Waals surface area contributed by atoms with E-state index >= 15 is 0 Å². The molecular formula is C14H21Cl2N3. The van der Waals surface area contributed by atoms with Crippen LogP contribution in [-0.2, 0) is 0 Å². The summed E-state index contributed by atoms with van der Waals surface area (Å²) in [7, 11) is 1.80.